The molecule has 0 saturated heterocycles. The van der Waals surface area contributed by atoms with Crippen molar-refractivity contribution in [3.05, 3.63) is 65.6 Å². The molecule has 0 radical (unpaired) electrons. The molecule has 1 aromatic carbocycles. The first kappa shape index (κ1) is 19.8. The number of amides is 1. The number of carbonyl (C=O) groups is 1. The van der Waals surface area contributed by atoms with Crippen LogP contribution in [0.5, 0.6) is 0 Å². The number of likely N-dealkylation sites (N-methyl/N-ethyl adjacent to an activating group) is 1. The van der Waals surface area contributed by atoms with Crippen molar-refractivity contribution in [1.82, 2.24) is 25.0 Å². The Balaban J connectivity index is 1.78. The zero-order valence-corrected chi connectivity index (χ0v) is 17.0. The molecule has 0 aliphatic carbocycles. The number of carbonyl (C=O) groups excluding carboxylic acids is 1. The fourth-order valence-corrected chi connectivity index (χ4v) is 3.17. The molecule has 2 aromatic heterocycles. The molecule has 0 saturated carbocycles. The maximum absolute atomic E-state index is 12.7. The number of benzene rings is 1. The van der Waals surface area contributed by atoms with E-state index in [1.54, 1.807) is 10.9 Å². The van der Waals surface area contributed by atoms with Gasteiger partial charge in [0, 0.05) is 6.54 Å². The second-order valence-corrected chi connectivity index (χ2v) is 7.31. The van der Waals surface area contributed by atoms with Crippen molar-refractivity contribution in [2.75, 3.05) is 20.6 Å². The SMILES string of the molecule is Cc1nc(C(=O)NCC(c2ccco2)N(C)C)nn1-c1ccccc1C(C)C. The Morgan fingerprint density at radius 3 is 2.61 bits per heavy atom. The monoisotopic (exact) mass is 381 g/mol. The molecule has 0 aliphatic heterocycles. The van der Waals surface area contributed by atoms with Crippen LogP contribution in [0, 0.1) is 6.92 Å². The Morgan fingerprint density at radius 2 is 1.96 bits per heavy atom. The third-order valence-electron chi connectivity index (χ3n) is 4.71. The average molecular weight is 381 g/mol. The van der Waals surface area contributed by atoms with Crippen molar-refractivity contribution in [3.63, 3.8) is 0 Å². The number of para-hydroxylation sites is 1. The summed E-state index contributed by atoms with van der Waals surface area (Å²) in [5.41, 5.74) is 2.11. The van der Waals surface area contributed by atoms with E-state index < -0.39 is 0 Å². The lowest BCUT2D eigenvalue weighted by Crippen LogP contribution is -2.34. The van der Waals surface area contributed by atoms with Crippen LogP contribution in [0.1, 0.15) is 53.6 Å². The van der Waals surface area contributed by atoms with Gasteiger partial charge < -0.3 is 9.73 Å². The van der Waals surface area contributed by atoms with Crippen LogP contribution in [0.15, 0.2) is 47.1 Å². The lowest BCUT2D eigenvalue weighted by atomic mass is 10.0. The van der Waals surface area contributed by atoms with Gasteiger partial charge in [-0.1, -0.05) is 32.0 Å². The Labute approximate surface area is 165 Å². The maximum atomic E-state index is 12.7. The molecule has 1 unspecified atom stereocenters. The van der Waals surface area contributed by atoms with E-state index in [1.807, 2.05) is 56.3 Å². The zero-order valence-electron chi connectivity index (χ0n) is 17.0. The van der Waals surface area contributed by atoms with Crippen LogP contribution in [0.2, 0.25) is 0 Å². The third-order valence-corrected chi connectivity index (χ3v) is 4.71. The summed E-state index contributed by atoms with van der Waals surface area (Å²) >= 11 is 0. The summed E-state index contributed by atoms with van der Waals surface area (Å²) in [6.07, 6.45) is 1.63. The zero-order chi connectivity index (χ0) is 20.3. The third kappa shape index (κ3) is 4.14. The minimum atomic E-state index is -0.303. The van der Waals surface area contributed by atoms with Crippen LogP contribution in [0.25, 0.3) is 5.69 Å². The van der Waals surface area contributed by atoms with Crippen molar-refractivity contribution >= 4 is 5.91 Å². The van der Waals surface area contributed by atoms with Gasteiger partial charge in [0.25, 0.3) is 5.91 Å². The van der Waals surface area contributed by atoms with Gasteiger partial charge in [0.1, 0.15) is 11.6 Å². The molecule has 7 heteroatoms. The summed E-state index contributed by atoms with van der Waals surface area (Å²) in [5.74, 6) is 1.67. The van der Waals surface area contributed by atoms with Crippen LogP contribution in [-0.4, -0.2) is 46.2 Å². The lowest BCUT2D eigenvalue weighted by molar-refractivity contribution is 0.0928. The van der Waals surface area contributed by atoms with Gasteiger partial charge in [0.05, 0.1) is 18.0 Å². The van der Waals surface area contributed by atoms with Crippen molar-refractivity contribution in [1.29, 1.82) is 0 Å². The molecule has 1 N–H and O–H groups in total. The summed E-state index contributed by atoms with van der Waals surface area (Å²) in [4.78, 5) is 19.0. The van der Waals surface area contributed by atoms with Crippen molar-refractivity contribution in [2.24, 2.45) is 0 Å². The van der Waals surface area contributed by atoms with E-state index >= 15 is 0 Å². The van der Waals surface area contributed by atoms with Gasteiger partial charge in [-0.2, -0.15) is 0 Å². The Bertz CT molecular complexity index is 928. The van der Waals surface area contributed by atoms with E-state index in [4.69, 9.17) is 4.42 Å². The van der Waals surface area contributed by atoms with Gasteiger partial charge in [0.15, 0.2) is 0 Å². The number of hydrogen-bond donors (Lipinski definition) is 1. The molecule has 3 aromatic rings. The molecule has 7 nitrogen and oxygen atoms in total. The van der Waals surface area contributed by atoms with E-state index in [2.05, 4.69) is 35.3 Å². The van der Waals surface area contributed by atoms with Gasteiger partial charge >= 0.3 is 0 Å². The molecular weight excluding hydrogens is 354 g/mol. The highest BCUT2D eigenvalue weighted by Crippen LogP contribution is 2.23. The van der Waals surface area contributed by atoms with E-state index in [1.165, 1.54) is 0 Å². The number of nitrogens with zero attached hydrogens (tertiary/aromatic N) is 4. The highest BCUT2D eigenvalue weighted by atomic mass is 16.3. The Morgan fingerprint density at radius 1 is 1.21 bits per heavy atom. The molecule has 0 fully saturated rings. The number of aromatic nitrogens is 3. The van der Waals surface area contributed by atoms with E-state index in [0.29, 0.717) is 18.3 Å². The summed E-state index contributed by atoms with van der Waals surface area (Å²) < 4.78 is 7.22. The fourth-order valence-electron chi connectivity index (χ4n) is 3.17. The van der Waals surface area contributed by atoms with Gasteiger partial charge in [-0.25, -0.2) is 9.67 Å². The maximum Gasteiger partial charge on any atom is 0.291 e. The molecule has 0 aliphatic rings. The molecule has 0 spiro atoms. The highest BCUT2D eigenvalue weighted by Gasteiger charge is 2.21. The minimum absolute atomic E-state index is 0.0659. The highest BCUT2D eigenvalue weighted by molar-refractivity contribution is 5.90. The first-order valence-corrected chi connectivity index (χ1v) is 9.39. The second-order valence-electron chi connectivity index (χ2n) is 7.31. The topological polar surface area (TPSA) is 76.2 Å². The number of furan rings is 1. The van der Waals surface area contributed by atoms with Crippen molar-refractivity contribution in [3.8, 4) is 5.69 Å². The smallest absolute Gasteiger partial charge is 0.291 e. The molecule has 3 rings (SSSR count). The van der Waals surface area contributed by atoms with Gasteiger partial charge in [-0.15, -0.1) is 5.10 Å². The number of rotatable bonds is 7. The molecule has 2 heterocycles. The Hall–Kier alpha value is -2.93. The average Bonchev–Trinajstić information content (AvgIpc) is 3.31. The fraction of sp³-hybridized carbons (Fsp3) is 0.381. The molecular formula is C21H27N5O2. The summed E-state index contributed by atoms with van der Waals surface area (Å²) in [6, 6.07) is 11.7. The van der Waals surface area contributed by atoms with Crippen LogP contribution < -0.4 is 5.32 Å². The molecule has 148 valence electrons. The number of nitrogens with one attached hydrogen (secondary N) is 1. The van der Waals surface area contributed by atoms with E-state index in [-0.39, 0.29) is 17.8 Å². The van der Waals surface area contributed by atoms with Crippen molar-refractivity contribution in [2.45, 2.75) is 32.7 Å². The molecule has 1 atom stereocenters. The van der Waals surface area contributed by atoms with Gasteiger partial charge in [-0.3, -0.25) is 9.69 Å². The molecule has 1 amide bonds. The summed E-state index contributed by atoms with van der Waals surface area (Å²) in [6.45, 7) is 6.52. The first-order chi connectivity index (χ1) is 13.4. The summed E-state index contributed by atoms with van der Waals surface area (Å²) in [7, 11) is 3.89. The number of aryl methyl sites for hydroxylation is 1. The van der Waals surface area contributed by atoms with Crippen LogP contribution in [0.4, 0.5) is 0 Å². The Kier molecular flexibility index (Phi) is 5.94. The van der Waals surface area contributed by atoms with Gasteiger partial charge in [-0.05, 0) is 50.7 Å². The predicted octanol–water partition coefficient (Wildman–Crippen LogP) is 3.32. The molecule has 0 bridgehead atoms. The van der Waals surface area contributed by atoms with Crippen LogP contribution >= 0.6 is 0 Å². The normalized spacial score (nSPS) is 12.5. The van der Waals surface area contributed by atoms with E-state index in [0.717, 1.165) is 17.0 Å². The summed E-state index contributed by atoms with van der Waals surface area (Å²) in [5, 5.41) is 7.38. The standard InChI is InChI=1S/C21H27N5O2/c1-14(2)16-9-6-7-10-17(16)26-15(3)23-20(24-26)21(27)22-13-18(25(4)5)19-11-8-12-28-19/h6-12,14,18H,13H2,1-5H3,(H,22,27). The van der Waals surface area contributed by atoms with E-state index in [9.17, 15) is 4.79 Å². The van der Waals surface area contributed by atoms with Gasteiger partial charge in [0.2, 0.25) is 5.82 Å². The molecule has 28 heavy (non-hydrogen) atoms. The number of hydrogen-bond acceptors (Lipinski definition) is 5. The first-order valence-electron chi connectivity index (χ1n) is 9.39. The predicted molar refractivity (Wildman–Crippen MR) is 108 cm³/mol. The lowest BCUT2D eigenvalue weighted by Gasteiger charge is -2.22. The minimum Gasteiger partial charge on any atom is -0.468 e. The largest absolute Gasteiger partial charge is 0.468 e. The quantitative estimate of drug-likeness (QED) is 0.679. The van der Waals surface area contributed by atoms with Crippen LogP contribution in [0.3, 0.4) is 0 Å². The van der Waals surface area contributed by atoms with Crippen LogP contribution in [-0.2, 0) is 0 Å². The van der Waals surface area contributed by atoms with Crippen molar-refractivity contribution < 1.29 is 9.21 Å². The second kappa shape index (κ2) is 8.39.